The van der Waals surface area contributed by atoms with Gasteiger partial charge in [-0.1, -0.05) is 17.7 Å². The molecule has 1 aromatic rings. The third-order valence-corrected chi connectivity index (χ3v) is 4.06. The van der Waals surface area contributed by atoms with Crippen molar-refractivity contribution in [3.05, 3.63) is 34.6 Å². The summed E-state index contributed by atoms with van der Waals surface area (Å²) in [6.07, 6.45) is -0.892. The molecule has 1 heterocycles. The van der Waals surface area contributed by atoms with E-state index in [2.05, 4.69) is 4.90 Å². The summed E-state index contributed by atoms with van der Waals surface area (Å²) in [5.41, 5.74) is 0.847. The molecule has 0 aliphatic carbocycles. The Morgan fingerprint density at radius 3 is 2.74 bits per heavy atom. The number of nitrogens with zero attached hydrogens (tertiary/aromatic N) is 2. The molecule has 104 valence electrons. The molecule has 1 unspecified atom stereocenters. The second-order valence-electron chi connectivity index (χ2n) is 4.85. The van der Waals surface area contributed by atoms with Gasteiger partial charge in [-0.15, -0.1) is 0 Å². The Balaban J connectivity index is 2.04. The molecule has 1 aromatic carbocycles. The molecule has 1 fully saturated rings. The molecule has 19 heavy (non-hydrogen) atoms. The average molecular weight is 287 g/mol. The van der Waals surface area contributed by atoms with Crippen molar-refractivity contribution in [3.8, 4) is 0 Å². The molecule has 1 aliphatic rings. The molecule has 0 saturated carbocycles. The van der Waals surface area contributed by atoms with E-state index in [0.29, 0.717) is 18.1 Å². The smallest absolute Gasteiger partial charge is 0.407 e. The van der Waals surface area contributed by atoms with E-state index in [1.807, 2.05) is 14.0 Å². The van der Waals surface area contributed by atoms with E-state index < -0.39 is 6.09 Å². The van der Waals surface area contributed by atoms with Gasteiger partial charge in [-0.2, -0.15) is 0 Å². The highest BCUT2D eigenvalue weighted by molar-refractivity contribution is 6.31. The minimum atomic E-state index is -0.892. The number of hydrogen-bond donors (Lipinski definition) is 1. The highest BCUT2D eigenvalue weighted by atomic mass is 35.5. The molecular weight excluding hydrogens is 271 g/mol. The van der Waals surface area contributed by atoms with E-state index in [-0.39, 0.29) is 17.9 Å². The van der Waals surface area contributed by atoms with Crippen molar-refractivity contribution in [1.29, 1.82) is 0 Å². The van der Waals surface area contributed by atoms with Gasteiger partial charge in [-0.3, -0.25) is 4.90 Å². The number of likely N-dealkylation sites (tertiary alicyclic amines) is 1. The number of hydrogen-bond acceptors (Lipinski definition) is 2. The van der Waals surface area contributed by atoms with E-state index in [9.17, 15) is 9.18 Å². The molecule has 1 amide bonds. The van der Waals surface area contributed by atoms with Crippen molar-refractivity contribution >= 4 is 17.7 Å². The van der Waals surface area contributed by atoms with E-state index in [1.54, 1.807) is 6.07 Å². The zero-order valence-electron chi connectivity index (χ0n) is 10.8. The lowest BCUT2D eigenvalue weighted by Crippen LogP contribution is -2.60. The molecule has 2 rings (SSSR count). The van der Waals surface area contributed by atoms with Crippen LogP contribution in [0.15, 0.2) is 18.2 Å². The lowest BCUT2D eigenvalue weighted by Gasteiger charge is -2.44. The Morgan fingerprint density at radius 2 is 2.21 bits per heavy atom. The Kier molecular flexibility index (Phi) is 3.96. The van der Waals surface area contributed by atoms with Crippen LogP contribution in [0.1, 0.15) is 18.5 Å². The minimum Gasteiger partial charge on any atom is -0.465 e. The fourth-order valence-corrected chi connectivity index (χ4v) is 2.57. The summed E-state index contributed by atoms with van der Waals surface area (Å²) < 4.78 is 13.0. The second-order valence-corrected chi connectivity index (χ2v) is 5.26. The van der Waals surface area contributed by atoms with Crippen LogP contribution < -0.4 is 0 Å². The zero-order valence-corrected chi connectivity index (χ0v) is 11.6. The Morgan fingerprint density at radius 1 is 1.58 bits per heavy atom. The number of carboxylic acid groups (broad SMARTS) is 1. The summed E-state index contributed by atoms with van der Waals surface area (Å²) >= 11 is 6.04. The van der Waals surface area contributed by atoms with Crippen molar-refractivity contribution in [1.82, 2.24) is 9.80 Å². The highest BCUT2D eigenvalue weighted by Crippen LogP contribution is 2.30. The van der Waals surface area contributed by atoms with Crippen LogP contribution in [0.2, 0.25) is 5.02 Å². The first kappa shape index (κ1) is 14.1. The third-order valence-electron chi connectivity index (χ3n) is 3.73. The van der Waals surface area contributed by atoms with Gasteiger partial charge in [-0.05, 0) is 31.7 Å². The van der Waals surface area contributed by atoms with Crippen LogP contribution in [-0.4, -0.2) is 47.2 Å². The van der Waals surface area contributed by atoms with Crippen molar-refractivity contribution in [2.45, 2.75) is 19.0 Å². The van der Waals surface area contributed by atoms with Crippen LogP contribution in [0.4, 0.5) is 9.18 Å². The summed E-state index contributed by atoms with van der Waals surface area (Å²) in [4.78, 5) is 14.2. The monoisotopic (exact) mass is 286 g/mol. The van der Waals surface area contributed by atoms with Crippen molar-refractivity contribution < 1.29 is 14.3 Å². The maximum absolute atomic E-state index is 13.0. The van der Waals surface area contributed by atoms with Gasteiger partial charge >= 0.3 is 6.09 Å². The average Bonchev–Trinajstić information content (AvgIpc) is 2.25. The fourth-order valence-electron chi connectivity index (χ4n) is 2.25. The molecule has 1 aliphatic heterocycles. The number of halogens is 2. The first-order valence-corrected chi connectivity index (χ1v) is 6.42. The molecule has 0 radical (unpaired) electrons. The van der Waals surface area contributed by atoms with Crippen molar-refractivity contribution in [2.75, 3.05) is 20.1 Å². The van der Waals surface area contributed by atoms with Crippen LogP contribution in [0.3, 0.4) is 0 Å². The molecule has 0 bridgehead atoms. The molecular formula is C13H16ClFN2O2. The van der Waals surface area contributed by atoms with Gasteiger partial charge in [0.2, 0.25) is 0 Å². The normalized spacial score (nSPS) is 17.4. The lowest BCUT2D eigenvalue weighted by molar-refractivity contribution is 0.0325. The van der Waals surface area contributed by atoms with E-state index >= 15 is 0 Å². The van der Waals surface area contributed by atoms with Gasteiger partial charge in [-0.25, -0.2) is 9.18 Å². The molecule has 0 spiro atoms. The van der Waals surface area contributed by atoms with E-state index in [4.69, 9.17) is 16.7 Å². The highest BCUT2D eigenvalue weighted by Gasteiger charge is 2.35. The Labute approximate surface area is 116 Å². The first-order chi connectivity index (χ1) is 8.90. The van der Waals surface area contributed by atoms with Gasteiger partial charge in [0, 0.05) is 30.2 Å². The van der Waals surface area contributed by atoms with E-state index in [1.165, 1.54) is 17.0 Å². The predicted octanol–water partition coefficient (Wildman–Crippen LogP) is 2.83. The van der Waals surface area contributed by atoms with Gasteiger partial charge in [0.15, 0.2) is 0 Å². The molecule has 6 heteroatoms. The number of likely N-dealkylation sites (N-methyl/N-ethyl adjacent to an activating group) is 1. The Hall–Kier alpha value is -1.33. The third kappa shape index (κ3) is 2.82. The fraction of sp³-hybridized carbons (Fsp3) is 0.462. The summed E-state index contributed by atoms with van der Waals surface area (Å²) in [6, 6.07) is 4.54. The Bertz CT molecular complexity index is 492. The van der Waals surface area contributed by atoms with Gasteiger partial charge in [0.25, 0.3) is 0 Å². The lowest BCUT2D eigenvalue weighted by atomic mass is 10.0. The SMILES string of the molecule is CC(c1ccc(F)cc1Cl)N(C)C1CN(C(=O)O)C1. The summed E-state index contributed by atoms with van der Waals surface area (Å²) in [5, 5.41) is 9.20. The summed E-state index contributed by atoms with van der Waals surface area (Å²) in [7, 11) is 1.92. The minimum absolute atomic E-state index is 0.00837. The molecule has 1 atom stereocenters. The van der Waals surface area contributed by atoms with Crippen molar-refractivity contribution in [3.63, 3.8) is 0 Å². The largest absolute Gasteiger partial charge is 0.465 e. The quantitative estimate of drug-likeness (QED) is 0.929. The molecule has 4 nitrogen and oxygen atoms in total. The van der Waals surface area contributed by atoms with E-state index in [0.717, 1.165) is 5.56 Å². The van der Waals surface area contributed by atoms with Gasteiger partial charge < -0.3 is 10.0 Å². The molecule has 1 N–H and O–H groups in total. The summed E-state index contributed by atoms with van der Waals surface area (Å²) in [6.45, 7) is 2.96. The van der Waals surface area contributed by atoms with Crippen LogP contribution in [-0.2, 0) is 0 Å². The van der Waals surface area contributed by atoms with Crippen LogP contribution in [0, 0.1) is 5.82 Å². The standard InChI is InChI=1S/C13H16ClFN2O2/c1-8(11-4-3-9(15)5-12(11)14)16(2)10-6-17(7-10)13(18)19/h3-5,8,10H,6-7H2,1-2H3,(H,18,19). The maximum atomic E-state index is 13.0. The molecule has 1 saturated heterocycles. The second kappa shape index (κ2) is 5.35. The zero-order chi connectivity index (χ0) is 14.2. The first-order valence-electron chi connectivity index (χ1n) is 6.05. The predicted molar refractivity (Wildman–Crippen MR) is 71.0 cm³/mol. The van der Waals surface area contributed by atoms with Gasteiger partial charge in [0.05, 0.1) is 0 Å². The van der Waals surface area contributed by atoms with Crippen LogP contribution in [0.5, 0.6) is 0 Å². The van der Waals surface area contributed by atoms with Crippen LogP contribution >= 0.6 is 11.6 Å². The number of benzene rings is 1. The number of rotatable bonds is 3. The number of carbonyl (C=O) groups is 1. The number of amides is 1. The summed E-state index contributed by atoms with van der Waals surface area (Å²) in [5.74, 6) is -0.357. The maximum Gasteiger partial charge on any atom is 0.407 e. The van der Waals surface area contributed by atoms with Crippen LogP contribution in [0.25, 0.3) is 0 Å². The molecule has 0 aromatic heterocycles. The topological polar surface area (TPSA) is 43.8 Å². The van der Waals surface area contributed by atoms with Gasteiger partial charge in [0.1, 0.15) is 5.82 Å². The van der Waals surface area contributed by atoms with Crippen molar-refractivity contribution in [2.24, 2.45) is 0 Å².